The van der Waals surface area contributed by atoms with Gasteiger partial charge >= 0.3 is 0 Å². The fourth-order valence-corrected chi connectivity index (χ4v) is 2.00. The second kappa shape index (κ2) is 5.20. The van der Waals surface area contributed by atoms with Gasteiger partial charge in [0.25, 0.3) is 0 Å². The molecule has 1 aliphatic heterocycles. The van der Waals surface area contributed by atoms with Crippen LogP contribution in [0, 0.1) is 17.0 Å². The van der Waals surface area contributed by atoms with Crippen molar-refractivity contribution in [3.63, 3.8) is 0 Å². The maximum absolute atomic E-state index is 10.5. The summed E-state index contributed by atoms with van der Waals surface area (Å²) in [7, 11) is 0. The van der Waals surface area contributed by atoms with Crippen LogP contribution >= 0.6 is 0 Å². The van der Waals surface area contributed by atoms with Crippen molar-refractivity contribution in [2.45, 2.75) is 19.6 Å². The zero-order chi connectivity index (χ0) is 12.3. The molecule has 0 aliphatic carbocycles. The number of rotatable bonds is 4. The number of hydrogen-bond acceptors (Lipinski definition) is 5. The molecule has 2 heterocycles. The lowest BCUT2D eigenvalue weighted by atomic mass is 10.2. The number of nitro groups is 1. The molecular weight excluding hydrogens is 220 g/mol. The van der Waals surface area contributed by atoms with E-state index in [4.69, 9.17) is 0 Å². The van der Waals surface area contributed by atoms with Crippen LogP contribution < -0.4 is 5.32 Å². The van der Waals surface area contributed by atoms with Crippen molar-refractivity contribution >= 4 is 0 Å². The Morgan fingerprint density at radius 2 is 2.47 bits per heavy atom. The van der Waals surface area contributed by atoms with Crippen LogP contribution in [0.1, 0.15) is 11.3 Å². The molecule has 1 unspecified atom stereocenters. The Balaban J connectivity index is 1.97. The van der Waals surface area contributed by atoms with Gasteiger partial charge in [-0.3, -0.25) is 25.3 Å². The Bertz CT molecular complexity index is 393. The van der Waals surface area contributed by atoms with Gasteiger partial charge in [-0.05, 0) is 18.6 Å². The highest BCUT2D eigenvalue weighted by Crippen LogP contribution is 2.10. The van der Waals surface area contributed by atoms with Crippen LogP contribution in [0.15, 0.2) is 18.3 Å². The van der Waals surface area contributed by atoms with E-state index in [1.54, 1.807) is 0 Å². The van der Waals surface area contributed by atoms with Gasteiger partial charge in [-0.2, -0.15) is 0 Å². The topological polar surface area (TPSA) is 71.3 Å². The first-order valence-electron chi connectivity index (χ1n) is 5.66. The van der Waals surface area contributed by atoms with Gasteiger partial charge in [0.15, 0.2) is 0 Å². The summed E-state index contributed by atoms with van der Waals surface area (Å²) in [6.45, 7) is 4.24. The second-order valence-corrected chi connectivity index (χ2v) is 4.26. The molecule has 2 rings (SSSR count). The number of pyridine rings is 1. The summed E-state index contributed by atoms with van der Waals surface area (Å²) in [6.07, 6.45) is 1.67. The van der Waals surface area contributed by atoms with Crippen molar-refractivity contribution in [3.8, 4) is 0 Å². The van der Waals surface area contributed by atoms with Gasteiger partial charge in [0.1, 0.15) is 6.17 Å². The molecule has 1 aromatic rings. The predicted molar refractivity (Wildman–Crippen MR) is 63.0 cm³/mol. The summed E-state index contributed by atoms with van der Waals surface area (Å²) >= 11 is 0. The second-order valence-electron chi connectivity index (χ2n) is 4.26. The number of aryl methyl sites for hydroxylation is 1. The van der Waals surface area contributed by atoms with E-state index in [9.17, 15) is 10.1 Å². The van der Waals surface area contributed by atoms with Crippen molar-refractivity contribution in [1.82, 2.24) is 15.2 Å². The largest absolute Gasteiger partial charge is 0.295 e. The third-order valence-corrected chi connectivity index (χ3v) is 2.90. The molecule has 6 nitrogen and oxygen atoms in total. The number of hydrogen-bond donors (Lipinski definition) is 1. The van der Waals surface area contributed by atoms with Crippen LogP contribution in [-0.2, 0) is 6.54 Å². The highest BCUT2D eigenvalue weighted by molar-refractivity contribution is 5.13. The standard InChI is InChI=1S/C11H16N4O2/c1-9-2-3-10(6-13-9)7-14-5-4-12-11(14)8-15(16)17/h2-3,6,11-12H,4-5,7-8H2,1H3. The molecule has 92 valence electrons. The zero-order valence-corrected chi connectivity index (χ0v) is 9.80. The van der Waals surface area contributed by atoms with Crippen molar-refractivity contribution in [2.24, 2.45) is 0 Å². The molecule has 0 aromatic carbocycles. The van der Waals surface area contributed by atoms with Crippen LogP contribution in [0.5, 0.6) is 0 Å². The summed E-state index contributed by atoms with van der Waals surface area (Å²) in [5, 5.41) is 13.7. The Labute approximate surface area is 99.8 Å². The van der Waals surface area contributed by atoms with Gasteiger partial charge in [0.05, 0.1) is 0 Å². The average molecular weight is 236 g/mol. The number of nitrogens with one attached hydrogen (secondary N) is 1. The van der Waals surface area contributed by atoms with Crippen LogP contribution in [0.2, 0.25) is 0 Å². The molecule has 6 heteroatoms. The van der Waals surface area contributed by atoms with E-state index >= 15 is 0 Å². The minimum atomic E-state index is -0.274. The monoisotopic (exact) mass is 236 g/mol. The fourth-order valence-electron chi connectivity index (χ4n) is 2.00. The number of aromatic nitrogens is 1. The maximum atomic E-state index is 10.5. The minimum Gasteiger partial charge on any atom is -0.295 e. The molecule has 1 fully saturated rings. The Morgan fingerprint density at radius 3 is 3.12 bits per heavy atom. The Kier molecular flexibility index (Phi) is 3.65. The van der Waals surface area contributed by atoms with Gasteiger partial charge in [-0.25, -0.2) is 0 Å². The maximum Gasteiger partial charge on any atom is 0.232 e. The summed E-state index contributed by atoms with van der Waals surface area (Å²) in [4.78, 5) is 16.6. The first kappa shape index (κ1) is 11.9. The molecule has 1 aromatic heterocycles. The first-order valence-corrected chi connectivity index (χ1v) is 5.66. The molecule has 0 saturated carbocycles. The van der Waals surface area contributed by atoms with E-state index in [0.717, 1.165) is 24.3 Å². The highest BCUT2D eigenvalue weighted by Gasteiger charge is 2.27. The summed E-state index contributed by atoms with van der Waals surface area (Å²) in [6, 6.07) is 3.98. The molecule has 17 heavy (non-hydrogen) atoms. The van der Waals surface area contributed by atoms with Crippen molar-refractivity contribution in [2.75, 3.05) is 19.6 Å². The normalized spacial score (nSPS) is 20.6. The molecule has 0 amide bonds. The van der Waals surface area contributed by atoms with Crippen LogP contribution in [0.3, 0.4) is 0 Å². The molecule has 1 N–H and O–H groups in total. The average Bonchev–Trinajstić information content (AvgIpc) is 2.68. The zero-order valence-electron chi connectivity index (χ0n) is 9.80. The first-order chi connectivity index (χ1) is 8.15. The van der Waals surface area contributed by atoms with Crippen LogP contribution in [-0.4, -0.2) is 40.6 Å². The fraction of sp³-hybridized carbons (Fsp3) is 0.545. The van der Waals surface area contributed by atoms with Gasteiger partial charge < -0.3 is 0 Å². The van der Waals surface area contributed by atoms with E-state index in [0.29, 0.717) is 6.54 Å². The van der Waals surface area contributed by atoms with E-state index in [-0.39, 0.29) is 17.6 Å². The lowest BCUT2D eigenvalue weighted by molar-refractivity contribution is -0.487. The van der Waals surface area contributed by atoms with Gasteiger partial charge in [-0.15, -0.1) is 0 Å². The summed E-state index contributed by atoms with van der Waals surface area (Å²) in [5.74, 6) is 0. The SMILES string of the molecule is Cc1ccc(CN2CCNC2C[N+](=O)[O-])cn1. The highest BCUT2D eigenvalue weighted by atomic mass is 16.6. The van der Waals surface area contributed by atoms with Crippen LogP contribution in [0.25, 0.3) is 0 Å². The quantitative estimate of drug-likeness (QED) is 0.605. The Hall–Kier alpha value is -1.53. The van der Waals surface area contributed by atoms with Crippen molar-refractivity contribution in [1.29, 1.82) is 0 Å². The summed E-state index contributed by atoms with van der Waals surface area (Å²) < 4.78 is 0. The molecule has 1 aliphatic rings. The Morgan fingerprint density at radius 1 is 1.65 bits per heavy atom. The van der Waals surface area contributed by atoms with Gasteiger partial charge in [0.2, 0.25) is 6.54 Å². The molecule has 1 saturated heterocycles. The van der Waals surface area contributed by atoms with E-state index in [2.05, 4.69) is 15.2 Å². The van der Waals surface area contributed by atoms with Gasteiger partial charge in [0, 0.05) is 36.4 Å². The van der Waals surface area contributed by atoms with E-state index in [1.807, 2.05) is 25.3 Å². The van der Waals surface area contributed by atoms with Crippen LogP contribution in [0.4, 0.5) is 0 Å². The van der Waals surface area contributed by atoms with E-state index in [1.165, 1.54) is 0 Å². The van der Waals surface area contributed by atoms with Crippen molar-refractivity contribution in [3.05, 3.63) is 39.7 Å². The minimum absolute atomic E-state index is 0.0563. The third kappa shape index (κ3) is 3.21. The smallest absolute Gasteiger partial charge is 0.232 e. The molecule has 0 spiro atoms. The van der Waals surface area contributed by atoms with E-state index < -0.39 is 0 Å². The molecule has 0 radical (unpaired) electrons. The number of nitrogens with zero attached hydrogens (tertiary/aromatic N) is 3. The molecular formula is C11H16N4O2. The predicted octanol–water partition coefficient (Wildman–Crippen LogP) is 0.398. The lowest BCUT2D eigenvalue weighted by Crippen LogP contribution is -2.40. The lowest BCUT2D eigenvalue weighted by Gasteiger charge is -2.20. The van der Waals surface area contributed by atoms with Crippen molar-refractivity contribution < 1.29 is 4.92 Å². The third-order valence-electron chi connectivity index (χ3n) is 2.90. The van der Waals surface area contributed by atoms with Gasteiger partial charge in [-0.1, -0.05) is 6.07 Å². The molecule has 0 bridgehead atoms. The summed E-state index contributed by atoms with van der Waals surface area (Å²) in [5.41, 5.74) is 2.07. The molecule has 1 atom stereocenters.